The van der Waals surface area contributed by atoms with Crippen molar-refractivity contribution in [1.29, 1.82) is 0 Å². The summed E-state index contributed by atoms with van der Waals surface area (Å²) in [6.07, 6.45) is 0.880. The third kappa shape index (κ3) is 3.49. The highest BCUT2D eigenvalue weighted by molar-refractivity contribution is 9.10. The van der Waals surface area contributed by atoms with Gasteiger partial charge in [0.15, 0.2) is 4.34 Å². The van der Waals surface area contributed by atoms with Crippen LogP contribution in [0.4, 0.5) is 0 Å². The molecule has 0 atom stereocenters. The van der Waals surface area contributed by atoms with Gasteiger partial charge in [0, 0.05) is 12.3 Å². The van der Waals surface area contributed by atoms with Crippen LogP contribution in [0.15, 0.2) is 8.81 Å². The molecule has 2 heterocycles. The highest BCUT2D eigenvalue weighted by Crippen LogP contribution is 2.32. The number of nitrogens with zero attached hydrogens (tertiary/aromatic N) is 3. The van der Waals surface area contributed by atoms with Gasteiger partial charge < -0.3 is 5.11 Å². The fourth-order valence-electron chi connectivity index (χ4n) is 1.92. The smallest absolute Gasteiger partial charge is 0.347 e. The van der Waals surface area contributed by atoms with Crippen molar-refractivity contribution in [1.82, 2.24) is 14.8 Å². The Morgan fingerprint density at radius 1 is 1.48 bits per heavy atom. The molecule has 0 amide bonds. The van der Waals surface area contributed by atoms with Crippen molar-refractivity contribution in [3.63, 3.8) is 0 Å². The number of aromatic carboxylic acids is 1. The van der Waals surface area contributed by atoms with Crippen LogP contribution in [-0.4, -0.2) is 25.8 Å². The third-order valence-corrected chi connectivity index (χ3v) is 6.21. The van der Waals surface area contributed by atoms with Crippen LogP contribution in [0.25, 0.3) is 0 Å². The van der Waals surface area contributed by atoms with Crippen LogP contribution in [0.1, 0.15) is 40.6 Å². The Morgan fingerprint density at radius 3 is 2.71 bits per heavy atom. The summed E-state index contributed by atoms with van der Waals surface area (Å²) in [5.41, 5.74) is 2.74. The second-order valence-electron chi connectivity index (χ2n) is 4.36. The van der Waals surface area contributed by atoms with E-state index in [2.05, 4.69) is 39.9 Å². The van der Waals surface area contributed by atoms with E-state index >= 15 is 0 Å². The number of thiazole rings is 1. The fourth-order valence-corrected chi connectivity index (χ4v) is 4.86. The standard InChI is InChI=1S/C13H16BrN3O2S2/c1-4-8-10(14)9(17(5-2)16-8)6-20-13-15-7(3)11(21-13)12(18)19/h4-6H2,1-3H3,(H,18,19). The number of thioether (sulfide) groups is 1. The quantitative estimate of drug-likeness (QED) is 0.756. The first kappa shape index (κ1) is 16.5. The summed E-state index contributed by atoms with van der Waals surface area (Å²) in [7, 11) is 0. The van der Waals surface area contributed by atoms with E-state index in [9.17, 15) is 4.79 Å². The van der Waals surface area contributed by atoms with Gasteiger partial charge in [-0.05, 0) is 36.2 Å². The minimum atomic E-state index is -0.912. The number of rotatable bonds is 6. The molecule has 21 heavy (non-hydrogen) atoms. The number of carboxylic acid groups (broad SMARTS) is 1. The first-order valence-electron chi connectivity index (χ1n) is 6.55. The van der Waals surface area contributed by atoms with Gasteiger partial charge in [0.2, 0.25) is 0 Å². The van der Waals surface area contributed by atoms with E-state index in [0.717, 1.165) is 33.2 Å². The molecule has 0 fully saturated rings. The summed E-state index contributed by atoms with van der Waals surface area (Å²) in [6, 6.07) is 0. The number of aryl methyl sites for hydroxylation is 3. The molecule has 0 radical (unpaired) electrons. The second kappa shape index (κ2) is 6.93. The maximum atomic E-state index is 11.0. The van der Waals surface area contributed by atoms with Gasteiger partial charge >= 0.3 is 5.97 Å². The Kier molecular flexibility index (Phi) is 5.45. The molecule has 0 bridgehead atoms. The molecular formula is C13H16BrN3O2S2. The molecule has 0 aliphatic heterocycles. The van der Waals surface area contributed by atoms with Crippen LogP contribution in [0, 0.1) is 6.92 Å². The average molecular weight is 390 g/mol. The second-order valence-corrected chi connectivity index (χ2v) is 7.38. The molecule has 5 nitrogen and oxygen atoms in total. The van der Waals surface area contributed by atoms with Gasteiger partial charge in [-0.3, -0.25) is 4.68 Å². The molecule has 0 saturated heterocycles. The molecule has 0 aliphatic rings. The highest BCUT2D eigenvalue weighted by atomic mass is 79.9. The Hall–Kier alpha value is -0.860. The lowest BCUT2D eigenvalue weighted by Crippen LogP contribution is -2.01. The van der Waals surface area contributed by atoms with Gasteiger partial charge in [0.05, 0.1) is 21.6 Å². The molecule has 0 unspecified atom stereocenters. The Balaban J connectivity index is 2.18. The van der Waals surface area contributed by atoms with E-state index in [1.807, 2.05) is 4.68 Å². The average Bonchev–Trinajstić information content (AvgIpc) is 2.97. The molecular weight excluding hydrogens is 374 g/mol. The maximum Gasteiger partial charge on any atom is 0.347 e. The minimum Gasteiger partial charge on any atom is -0.477 e. The third-order valence-electron chi connectivity index (χ3n) is 3.00. The first-order chi connectivity index (χ1) is 9.97. The van der Waals surface area contributed by atoms with Crippen LogP contribution in [0.5, 0.6) is 0 Å². The predicted molar refractivity (Wildman–Crippen MR) is 88.4 cm³/mol. The fraction of sp³-hybridized carbons (Fsp3) is 0.462. The molecule has 2 aromatic rings. The first-order valence-corrected chi connectivity index (χ1v) is 9.14. The Bertz CT molecular complexity index is 667. The largest absolute Gasteiger partial charge is 0.477 e. The summed E-state index contributed by atoms with van der Waals surface area (Å²) in [5.74, 6) is -0.196. The van der Waals surface area contributed by atoms with E-state index in [1.165, 1.54) is 11.3 Å². The van der Waals surface area contributed by atoms with E-state index in [1.54, 1.807) is 18.7 Å². The molecule has 2 rings (SSSR count). The van der Waals surface area contributed by atoms with Crippen LogP contribution in [-0.2, 0) is 18.7 Å². The molecule has 114 valence electrons. The number of halogens is 1. The van der Waals surface area contributed by atoms with Crippen LogP contribution in [0.2, 0.25) is 0 Å². The number of carboxylic acids is 1. The lowest BCUT2D eigenvalue weighted by Gasteiger charge is -2.03. The molecule has 2 aromatic heterocycles. The van der Waals surface area contributed by atoms with E-state index in [4.69, 9.17) is 5.11 Å². The number of hydrogen-bond acceptors (Lipinski definition) is 5. The Morgan fingerprint density at radius 2 is 2.19 bits per heavy atom. The maximum absolute atomic E-state index is 11.0. The molecule has 0 spiro atoms. The van der Waals surface area contributed by atoms with Crippen molar-refractivity contribution in [2.24, 2.45) is 0 Å². The lowest BCUT2D eigenvalue weighted by atomic mass is 10.3. The van der Waals surface area contributed by atoms with Gasteiger partial charge in [-0.25, -0.2) is 9.78 Å². The molecule has 1 N–H and O–H groups in total. The van der Waals surface area contributed by atoms with Gasteiger partial charge in [0.1, 0.15) is 4.88 Å². The van der Waals surface area contributed by atoms with Gasteiger partial charge in [0.25, 0.3) is 0 Å². The van der Waals surface area contributed by atoms with E-state index < -0.39 is 5.97 Å². The van der Waals surface area contributed by atoms with E-state index in [0.29, 0.717) is 16.3 Å². The van der Waals surface area contributed by atoms with Gasteiger partial charge in [-0.1, -0.05) is 18.7 Å². The summed E-state index contributed by atoms with van der Waals surface area (Å²) < 4.78 is 3.80. The normalized spacial score (nSPS) is 11.0. The zero-order valence-corrected chi connectivity index (χ0v) is 15.2. The van der Waals surface area contributed by atoms with Crippen LogP contribution in [0.3, 0.4) is 0 Å². The van der Waals surface area contributed by atoms with Crippen molar-refractivity contribution < 1.29 is 9.90 Å². The van der Waals surface area contributed by atoms with Crippen molar-refractivity contribution >= 4 is 45.0 Å². The summed E-state index contributed by atoms with van der Waals surface area (Å²) in [4.78, 5) is 15.7. The molecule has 0 aromatic carbocycles. The number of carbonyl (C=O) groups is 1. The predicted octanol–water partition coefficient (Wildman–Crippen LogP) is 3.98. The SMILES string of the molecule is CCc1nn(CC)c(CSc2nc(C)c(C(=O)O)s2)c1Br. The van der Waals surface area contributed by atoms with Crippen LogP contribution >= 0.6 is 39.0 Å². The zero-order valence-electron chi connectivity index (χ0n) is 12.0. The minimum absolute atomic E-state index is 0.315. The number of hydrogen-bond donors (Lipinski definition) is 1. The van der Waals surface area contributed by atoms with Gasteiger partial charge in [-0.2, -0.15) is 5.10 Å². The molecule has 0 saturated carbocycles. The van der Waals surface area contributed by atoms with E-state index in [-0.39, 0.29) is 0 Å². The van der Waals surface area contributed by atoms with Crippen molar-refractivity contribution in [3.05, 3.63) is 26.4 Å². The van der Waals surface area contributed by atoms with Crippen LogP contribution < -0.4 is 0 Å². The van der Waals surface area contributed by atoms with Gasteiger partial charge in [-0.15, -0.1) is 11.3 Å². The van der Waals surface area contributed by atoms with Crippen molar-refractivity contribution in [2.45, 2.75) is 43.8 Å². The van der Waals surface area contributed by atoms with Crippen molar-refractivity contribution in [3.8, 4) is 0 Å². The zero-order chi connectivity index (χ0) is 15.6. The topological polar surface area (TPSA) is 68.0 Å². The summed E-state index contributed by atoms with van der Waals surface area (Å²) >= 11 is 6.38. The van der Waals surface area contributed by atoms with Crippen molar-refractivity contribution in [2.75, 3.05) is 0 Å². The molecule has 8 heteroatoms. The number of aromatic nitrogens is 3. The lowest BCUT2D eigenvalue weighted by molar-refractivity contribution is 0.0701. The molecule has 0 aliphatic carbocycles. The Labute approximate surface area is 139 Å². The highest BCUT2D eigenvalue weighted by Gasteiger charge is 2.17. The monoisotopic (exact) mass is 389 g/mol. The summed E-state index contributed by atoms with van der Waals surface area (Å²) in [5, 5.41) is 13.6. The summed E-state index contributed by atoms with van der Waals surface area (Å²) in [6.45, 7) is 6.67.